The predicted molar refractivity (Wildman–Crippen MR) is 76.4 cm³/mol. The number of hydrogen-bond acceptors (Lipinski definition) is 3. The van der Waals surface area contributed by atoms with E-state index in [1.165, 1.54) is 12.1 Å². The Morgan fingerprint density at radius 1 is 1.27 bits per heavy atom. The van der Waals surface area contributed by atoms with Gasteiger partial charge in [0.2, 0.25) is 6.43 Å². The lowest BCUT2D eigenvalue weighted by molar-refractivity contribution is -0.140. The van der Waals surface area contributed by atoms with Crippen molar-refractivity contribution in [3.05, 3.63) is 29.8 Å². The van der Waals surface area contributed by atoms with Crippen LogP contribution < -0.4 is 10.1 Å². The van der Waals surface area contributed by atoms with Gasteiger partial charge in [-0.1, -0.05) is 13.3 Å². The number of benzene rings is 1. The normalized spacial score (nSPS) is 12.0. The molecule has 1 atom stereocenters. The molecule has 0 spiro atoms. The van der Waals surface area contributed by atoms with Gasteiger partial charge in [0.25, 0.3) is 5.91 Å². The summed E-state index contributed by atoms with van der Waals surface area (Å²) in [5, 5.41) is 10.9. The van der Waals surface area contributed by atoms with Crippen LogP contribution >= 0.6 is 0 Å². The van der Waals surface area contributed by atoms with E-state index in [9.17, 15) is 18.4 Å². The SMILES string of the molecule is CCCCOc1ccc(C(=O)NC(CC(F)F)C(=O)O)cc1. The van der Waals surface area contributed by atoms with Crippen LogP contribution in [0, 0.1) is 0 Å². The average Bonchev–Trinajstić information content (AvgIpc) is 2.47. The van der Waals surface area contributed by atoms with Crippen LogP contribution in [0.1, 0.15) is 36.5 Å². The van der Waals surface area contributed by atoms with Crippen LogP contribution in [-0.4, -0.2) is 36.1 Å². The number of carbonyl (C=O) groups is 2. The van der Waals surface area contributed by atoms with Crippen LogP contribution in [0.2, 0.25) is 0 Å². The molecule has 0 heterocycles. The quantitative estimate of drug-likeness (QED) is 0.687. The summed E-state index contributed by atoms with van der Waals surface area (Å²) in [6.07, 6.45) is -1.83. The molecule has 1 aromatic rings. The Morgan fingerprint density at radius 2 is 1.91 bits per heavy atom. The highest BCUT2D eigenvalue weighted by molar-refractivity contribution is 5.96. The topological polar surface area (TPSA) is 75.6 Å². The van der Waals surface area contributed by atoms with Gasteiger partial charge in [0, 0.05) is 12.0 Å². The number of unbranched alkanes of at least 4 members (excludes halogenated alkanes) is 1. The second-order valence-corrected chi connectivity index (χ2v) is 4.72. The molecule has 0 fully saturated rings. The third-order valence-corrected chi connectivity index (χ3v) is 2.90. The Bertz CT molecular complexity index is 491. The lowest BCUT2D eigenvalue weighted by atomic mass is 10.1. The van der Waals surface area contributed by atoms with Gasteiger partial charge in [-0.25, -0.2) is 13.6 Å². The summed E-state index contributed by atoms with van der Waals surface area (Å²) in [5.41, 5.74) is 0.184. The fourth-order valence-electron chi connectivity index (χ4n) is 1.68. The molecule has 1 amide bonds. The number of ether oxygens (including phenoxy) is 1. The van der Waals surface area contributed by atoms with E-state index in [0.29, 0.717) is 12.4 Å². The van der Waals surface area contributed by atoms with Gasteiger partial charge in [0.15, 0.2) is 0 Å². The summed E-state index contributed by atoms with van der Waals surface area (Å²) in [4.78, 5) is 22.7. The van der Waals surface area contributed by atoms with Crippen molar-refractivity contribution in [3.8, 4) is 5.75 Å². The van der Waals surface area contributed by atoms with Gasteiger partial charge in [-0.15, -0.1) is 0 Å². The monoisotopic (exact) mass is 315 g/mol. The number of carboxylic acids is 1. The molecular formula is C15H19F2NO4. The number of halogens is 2. The molecule has 0 aliphatic heterocycles. The van der Waals surface area contributed by atoms with Gasteiger partial charge in [-0.3, -0.25) is 4.79 Å². The first kappa shape index (κ1) is 17.9. The van der Waals surface area contributed by atoms with Crippen molar-refractivity contribution in [2.45, 2.75) is 38.7 Å². The summed E-state index contributed by atoms with van der Waals surface area (Å²) in [6, 6.07) is 4.45. The Hall–Kier alpha value is -2.18. The minimum absolute atomic E-state index is 0.184. The Balaban J connectivity index is 2.62. The summed E-state index contributed by atoms with van der Waals surface area (Å²) in [5.74, 6) is -1.62. The lowest BCUT2D eigenvalue weighted by Gasteiger charge is -2.14. The second kappa shape index (κ2) is 8.96. The van der Waals surface area contributed by atoms with Crippen LogP contribution in [0.15, 0.2) is 24.3 Å². The molecule has 22 heavy (non-hydrogen) atoms. The van der Waals surface area contributed by atoms with Crippen molar-refractivity contribution < 1.29 is 28.2 Å². The fraction of sp³-hybridized carbons (Fsp3) is 0.467. The van der Waals surface area contributed by atoms with Gasteiger partial charge in [0.05, 0.1) is 6.61 Å². The first-order chi connectivity index (χ1) is 10.4. The second-order valence-electron chi connectivity index (χ2n) is 4.72. The Morgan fingerprint density at radius 3 is 2.41 bits per heavy atom. The van der Waals surface area contributed by atoms with E-state index < -0.39 is 30.8 Å². The zero-order valence-electron chi connectivity index (χ0n) is 12.2. The molecule has 2 N–H and O–H groups in total. The van der Waals surface area contributed by atoms with Crippen LogP contribution in [0.4, 0.5) is 8.78 Å². The smallest absolute Gasteiger partial charge is 0.326 e. The van der Waals surface area contributed by atoms with Crippen molar-refractivity contribution in [2.24, 2.45) is 0 Å². The third kappa shape index (κ3) is 6.07. The summed E-state index contributed by atoms with van der Waals surface area (Å²) < 4.78 is 30.0. The summed E-state index contributed by atoms with van der Waals surface area (Å²) in [6.45, 7) is 2.60. The molecule has 0 saturated carbocycles. The number of nitrogens with one attached hydrogen (secondary N) is 1. The molecular weight excluding hydrogens is 296 g/mol. The van der Waals surface area contributed by atoms with Gasteiger partial charge in [0.1, 0.15) is 11.8 Å². The number of amides is 1. The first-order valence-corrected chi connectivity index (χ1v) is 6.98. The first-order valence-electron chi connectivity index (χ1n) is 6.98. The highest BCUT2D eigenvalue weighted by atomic mass is 19.3. The number of alkyl halides is 2. The molecule has 1 aromatic carbocycles. The molecule has 0 aliphatic carbocycles. The molecule has 0 aliphatic rings. The highest BCUT2D eigenvalue weighted by Gasteiger charge is 2.24. The molecule has 0 saturated heterocycles. The van der Waals surface area contributed by atoms with Crippen LogP contribution in [0.25, 0.3) is 0 Å². The Kier molecular flexibility index (Phi) is 7.28. The molecule has 0 radical (unpaired) electrons. The number of aliphatic carboxylic acids is 1. The minimum Gasteiger partial charge on any atom is -0.494 e. The third-order valence-electron chi connectivity index (χ3n) is 2.90. The summed E-state index contributed by atoms with van der Waals surface area (Å²) in [7, 11) is 0. The average molecular weight is 315 g/mol. The van der Waals surface area contributed by atoms with Gasteiger partial charge >= 0.3 is 5.97 Å². The van der Waals surface area contributed by atoms with Gasteiger partial charge < -0.3 is 15.2 Å². The molecule has 0 bridgehead atoms. The molecule has 1 unspecified atom stereocenters. The molecule has 1 rings (SSSR count). The minimum atomic E-state index is -2.81. The number of rotatable bonds is 9. The highest BCUT2D eigenvalue weighted by Crippen LogP contribution is 2.13. The zero-order chi connectivity index (χ0) is 16.5. The van der Waals surface area contributed by atoms with E-state index >= 15 is 0 Å². The standard InChI is InChI=1S/C15H19F2NO4/c1-2-3-8-22-11-6-4-10(5-7-11)14(19)18-12(15(20)21)9-13(16)17/h4-7,12-13H,2-3,8-9H2,1H3,(H,18,19)(H,20,21). The van der Waals surface area contributed by atoms with E-state index in [1.807, 2.05) is 6.92 Å². The lowest BCUT2D eigenvalue weighted by Crippen LogP contribution is -2.42. The zero-order valence-corrected chi connectivity index (χ0v) is 12.2. The van der Waals surface area contributed by atoms with Crippen LogP contribution in [-0.2, 0) is 4.79 Å². The predicted octanol–water partition coefficient (Wildman–Crippen LogP) is 2.70. The molecule has 5 nitrogen and oxygen atoms in total. The molecule has 122 valence electrons. The van der Waals surface area contributed by atoms with Crippen molar-refractivity contribution in [2.75, 3.05) is 6.61 Å². The van der Waals surface area contributed by atoms with E-state index in [0.717, 1.165) is 12.8 Å². The van der Waals surface area contributed by atoms with Crippen LogP contribution in [0.3, 0.4) is 0 Å². The van der Waals surface area contributed by atoms with E-state index in [1.54, 1.807) is 12.1 Å². The number of carboxylic acid groups (broad SMARTS) is 1. The Labute approximate surface area is 127 Å². The van der Waals surface area contributed by atoms with Crippen LogP contribution in [0.5, 0.6) is 5.75 Å². The van der Waals surface area contributed by atoms with Crippen molar-refractivity contribution in [1.29, 1.82) is 0 Å². The van der Waals surface area contributed by atoms with Crippen molar-refractivity contribution in [3.63, 3.8) is 0 Å². The van der Waals surface area contributed by atoms with Gasteiger partial charge in [-0.05, 0) is 30.7 Å². The van der Waals surface area contributed by atoms with Crippen molar-refractivity contribution in [1.82, 2.24) is 5.32 Å². The van der Waals surface area contributed by atoms with Crippen molar-refractivity contribution >= 4 is 11.9 Å². The molecule has 7 heteroatoms. The van der Waals surface area contributed by atoms with E-state index in [4.69, 9.17) is 9.84 Å². The maximum Gasteiger partial charge on any atom is 0.326 e. The maximum atomic E-state index is 12.3. The fourth-order valence-corrected chi connectivity index (χ4v) is 1.68. The number of hydrogen-bond donors (Lipinski definition) is 2. The number of carbonyl (C=O) groups excluding carboxylic acids is 1. The maximum absolute atomic E-state index is 12.3. The van der Waals surface area contributed by atoms with E-state index in [-0.39, 0.29) is 5.56 Å². The summed E-state index contributed by atoms with van der Waals surface area (Å²) >= 11 is 0. The van der Waals surface area contributed by atoms with E-state index in [2.05, 4.69) is 5.32 Å². The molecule has 0 aromatic heterocycles. The largest absolute Gasteiger partial charge is 0.494 e. The van der Waals surface area contributed by atoms with Gasteiger partial charge in [-0.2, -0.15) is 0 Å².